The van der Waals surface area contributed by atoms with Gasteiger partial charge in [-0.15, -0.1) is 0 Å². The van der Waals surface area contributed by atoms with Crippen LogP contribution in [-0.4, -0.2) is 22.6 Å². The minimum Gasteiger partial charge on any atom is -0.478 e. The van der Waals surface area contributed by atoms with Gasteiger partial charge in [0, 0.05) is 18.9 Å². The number of hydrogen-bond donors (Lipinski definition) is 1. The van der Waals surface area contributed by atoms with Gasteiger partial charge in [-0.1, -0.05) is 6.08 Å². The number of carboxylic acid groups (broad SMARTS) is 1. The number of hydrogen-bond acceptors (Lipinski definition) is 3. The Morgan fingerprint density at radius 2 is 2.40 bits per heavy atom. The van der Waals surface area contributed by atoms with Crippen molar-refractivity contribution < 1.29 is 9.90 Å². The highest BCUT2D eigenvalue weighted by Gasteiger charge is 2.10. The van der Waals surface area contributed by atoms with Gasteiger partial charge < -0.3 is 10.0 Å². The molecule has 1 aromatic rings. The lowest BCUT2D eigenvalue weighted by Crippen LogP contribution is -2.20. The lowest BCUT2D eigenvalue weighted by molar-refractivity contribution is -0.132. The van der Waals surface area contributed by atoms with Crippen molar-refractivity contribution in [3.63, 3.8) is 0 Å². The summed E-state index contributed by atoms with van der Waals surface area (Å²) in [5, 5.41) is 8.74. The summed E-state index contributed by atoms with van der Waals surface area (Å²) in [5.74, 6) is -0.892. The number of rotatable bonds is 2. The van der Waals surface area contributed by atoms with Crippen LogP contribution in [0.3, 0.4) is 0 Å². The largest absolute Gasteiger partial charge is 0.478 e. The second-order valence-electron chi connectivity index (χ2n) is 3.14. The molecule has 15 heavy (non-hydrogen) atoms. The van der Waals surface area contributed by atoms with Crippen LogP contribution in [0.4, 0.5) is 5.69 Å². The second-order valence-corrected chi connectivity index (χ2v) is 3.14. The summed E-state index contributed by atoms with van der Waals surface area (Å²) < 4.78 is 0. The highest BCUT2D eigenvalue weighted by Crippen LogP contribution is 2.16. The zero-order chi connectivity index (χ0) is 10.7. The molecule has 1 N–H and O–H groups in total. The van der Waals surface area contributed by atoms with Gasteiger partial charge >= 0.3 is 5.97 Å². The lowest BCUT2D eigenvalue weighted by Gasteiger charge is -2.21. The van der Waals surface area contributed by atoms with E-state index >= 15 is 0 Å². The number of carboxylic acids is 1. The van der Waals surface area contributed by atoms with E-state index in [4.69, 9.17) is 5.11 Å². The molecule has 2 heterocycles. The molecule has 4 heteroatoms. The Morgan fingerprint density at radius 3 is 2.93 bits per heavy atom. The Hall–Kier alpha value is -2.10. The highest BCUT2D eigenvalue weighted by molar-refractivity contribution is 5.90. The van der Waals surface area contributed by atoms with Crippen molar-refractivity contribution in [2.75, 3.05) is 11.4 Å². The predicted octanol–water partition coefficient (Wildman–Crippen LogP) is 1.43. The van der Waals surface area contributed by atoms with E-state index in [0.717, 1.165) is 5.69 Å². The number of carbonyl (C=O) groups is 1. The summed E-state index contributed by atoms with van der Waals surface area (Å²) in [4.78, 5) is 16.6. The average molecular weight is 202 g/mol. The first-order valence-corrected chi connectivity index (χ1v) is 4.56. The van der Waals surface area contributed by atoms with Crippen LogP contribution in [0, 0.1) is 0 Å². The summed E-state index contributed by atoms with van der Waals surface area (Å²) in [6.45, 7) is 0.559. The molecule has 4 nitrogen and oxygen atoms in total. The van der Waals surface area contributed by atoms with Gasteiger partial charge in [-0.2, -0.15) is 0 Å². The van der Waals surface area contributed by atoms with E-state index in [0.29, 0.717) is 12.1 Å². The van der Waals surface area contributed by atoms with Gasteiger partial charge in [0.15, 0.2) is 0 Å². The molecule has 0 bridgehead atoms. The molecule has 0 radical (unpaired) electrons. The van der Waals surface area contributed by atoms with Crippen molar-refractivity contribution >= 4 is 11.7 Å². The molecular weight excluding hydrogens is 192 g/mol. The van der Waals surface area contributed by atoms with E-state index in [1.165, 1.54) is 0 Å². The third-order valence-electron chi connectivity index (χ3n) is 2.17. The monoisotopic (exact) mass is 202 g/mol. The zero-order valence-electron chi connectivity index (χ0n) is 8.00. The molecule has 0 unspecified atom stereocenters. The third kappa shape index (κ3) is 2.04. The van der Waals surface area contributed by atoms with Gasteiger partial charge in [0.05, 0.1) is 17.5 Å². The van der Waals surface area contributed by atoms with E-state index in [2.05, 4.69) is 4.98 Å². The minimum absolute atomic E-state index is 0.329. The van der Waals surface area contributed by atoms with Crippen molar-refractivity contribution in [2.45, 2.75) is 0 Å². The van der Waals surface area contributed by atoms with Crippen LogP contribution in [0.25, 0.3) is 0 Å². The number of aliphatic carboxylic acids is 1. The minimum atomic E-state index is -0.892. The normalized spacial score (nSPS) is 14.9. The fourth-order valence-electron chi connectivity index (χ4n) is 1.37. The summed E-state index contributed by atoms with van der Waals surface area (Å²) in [6.07, 6.45) is 8.45. The highest BCUT2D eigenvalue weighted by atomic mass is 16.4. The molecule has 0 amide bonds. The van der Waals surface area contributed by atoms with Gasteiger partial charge in [0.2, 0.25) is 0 Å². The number of nitrogens with zero attached hydrogens (tertiary/aromatic N) is 2. The van der Waals surface area contributed by atoms with E-state index in [1.54, 1.807) is 30.7 Å². The molecule has 2 rings (SSSR count). The van der Waals surface area contributed by atoms with Crippen molar-refractivity contribution in [1.29, 1.82) is 0 Å². The van der Waals surface area contributed by atoms with Crippen molar-refractivity contribution in [3.05, 3.63) is 48.5 Å². The Labute approximate surface area is 87.2 Å². The Kier molecular flexibility index (Phi) is 2.49. The number of aromatic nitrogens is 1. The van der Waals surface area contributed by atoms with E-state index in [9.17, 15) is 4.79 Å². The molecule has 0 fully saturated rings. The van der Waals surface area contributed by atoms with Crippen LogP contribution in [-0.2, 0) is 4.79 Å². The first-order valence-electron chi connectivity index (χ1n) is 4.56. The molecule has 1 aliphatic rings. The third-order valence-corrected chi connectivity index (χ3v) is 2.17. The van der Waals surface area contributed by atoms with Gasteiger partial charge in [-0.05, 0) is 18.2 Å². The fraction of sp³-hybridized carbons (Fsp3) is 0.0909. The van der Waals surface area contributed by atoms with Gasteiger partial charge in [0.1, 0.15) is 0 Å². The van der Waals surface area contributed by atoms with Gasteiger partial charge in [-0.25, -0.2) is 4.79 Å². The standard InChI is InChI=1S/C11H10N2O2/c14-11(15)9-3-6-13(7-4-9)10-2-1-5-12-8-10/h1-6,8H,7H2,(H,14,15). The topological polar surface area (TPSA) is 53.4 Å². The van der Waals surface area contributed by atoms with Crippen molar-refractivity contribution in [1.82, 2.24) is 4.98 Å². The van der Waals surface area contributed by atoms with Crippen LogP contribution in [0.2, 0.25) is 0 Å². The van der Waals surface area contributed by atoms with Gasteiger partial charge in [0.25, 0.3) is 0 Å². The summed E-state index contributed by atoms with van der Waals surface area (Å²) >= 11 is 0. The van der Waals surface area contributed by atoms with Crippen LogP contribution in [0.5, 0.6) is 0 Å². The Bertz CT molecular complexity index is 423. The van der Waals surface area contributed by atoms with Crippen LogP contribution < -0.4 is 4.90 Å². The van der Waals surface area contributed by atoms with Crippen molar-refractivity contribution in [2.24, 2.45) is 0 Å². The second kappa shape index (κ2) is 3.96. The number of anilines is 1. The van der Waals surface area contributed by atoms with Crippen LogP contribution in [0.1, 0.15) is 0 Å². The maximum atomic E-state index is 10.6. The van der Waals surface area contributed by atoms with Crippen LogP contribution in [0.15, 0.2) is 48.5 Å². The summed E-state index contributed by atoms with van der Waals surface area (Å²) in [7, 11) is 0. The van der Waals surface area contributed by atoms with Gasteiger partial charge in [-0.3, -0.25) is 4.98 Å². The molecule has 1 aliphatic heterocycles. The zero-order valence-corrected chi connectivity index (χ0v) is 8.00. The molecule has 0 aromatic carbocycles. The molecule has 0 aliphatic carbocycles. The Morgan fingerprint density at radius 1 is 1.53 bits per heavy atom. The fourth-order valence-corrected chi connectivity index (χ4v) is 1.37. The predicted molar refractivity (Wildman–Crippen MR) is 56.4 cm³/mol. The molecule has 0 spiro atoms. The van der Waals surface area contributed by atoms with E-state index < -0.39 is 5.97 Å². The summed E-state index contributed by atoms with van der Waals surface area (Å²) in [6, 6.07) is 3.77. The molecule has 0 saturated carbocycles. The maximum absolute atomic E-state index is 10.6. The summed E-state index contributed by atoms with van der Waals surface area (Å²) in [5.41, 5.74) is 1.28. The lowest BCUT2D eigenvalue weighted by atomic mass is 10.2. The smallest absolute Gasteiger partial charge is 0.335 e. The molecule has 0 saturated heterocycles. The Balaban J connectivity index is 2.14. The molecule has 1 aromatic heterocycles. The average Bonchev–Trinajstić information content (AvgIpc) is 2.30. The van der Waals surface area contributed by atoms with Crippen molar-refractivity contribution in [3.8, 4) is 0 Å². The van der Waals surface area contributed by atoms with E-state index in [1.807, 2.05) is 17.0 Å². The molecule has 76 valence electrons. The quantitative estimate of drug-likeness (QED) is 0.788. The SMILES string of the molecule is O=C(O)C1=CCN(c2cccnc2)C=C1. The first-order chi connectivity index (χ1) is 7.27. The molecular formula is C11H10N2O2. The number of pyridine rings is 1. The molecule has 0 atom stereocenters. The maximum Gasteiger partial charge on any atom is 0.335 e. The first kappa shape index (κ1) is 9.45. The van der Waals surface area contributed by atoms with Crippen LogP contribution >= 0.6 is 0 Å². The van der Waals surface area contributed by atoms with E-state index in [-0.39, 0.29) is 0 Å².